The van der Waals surface area contributed by atoms with Gasteiger partial charge in [0.05, 0.1) is 19.7 Å². The fourth-order valence-electron chi connectivity index (χ4n) is 2.83. The highest BCUT2D eigenvalue weighted by Crippen LogP contribution is 2.32. The Morgan fingerprint density at radius 3 is 3.18 bits per heavy atom. The van der Waals surface area contributed by atoms with E-state index in [9.17, 15) is 4.79 Å². The first-order valence-corrected chi connectivity index (χ1v) is 7.43. The monoisotopic (exact) mass is 301 g/mol. The topological polar surface area (TPSA) is 81.9 Å². The zero-order valence-corrected chi connectivity index (χ0v) is 12.5. The molecule has 1 aliphatic carbocycles. The predicted molar refractivity (Wildman–Crippen MR) is 79.2 cm³/mol. The molecule has 0 fully saturated rings. The van der Waals surface area contributed by atoms with Crippen LogP contribution in [0.15, 0.2) is 24.5 Å². The molecule has 22 heavy (non-hydrogen) atoms. The molecule has 0 radical (unpaired) electrons. The van der Waals surface area contributed by atoms with Crippen molar-refractivity contribution < 1.29 is 9.53 Å². The van der Waals surface area contributed by atoms with Crippen molar-refractivity contribution in [1.29, 1.82) is 0 Å². The van der Waals surface area contributed by atoms with Crippen LogP contribution >= 0.6 is 0 Å². The van der Waals surface area contributed by atoms with Gasteiger partial charge in [-0.25, -0.2) is 4.68 Å². The molecular formula is C15H19N5O2. The van der Waals surface area contributed by atoms with Crippen LogP contribution in [0.3, 0.4) is 0 Å². The van der Waals surface area contributed by atoms with Crippen molar-refractivity contribution in [3.8, 4) is 5.75 Å². The summed E-state index contributed by atoms with van der Waals surface area (Å²) < 4.78 is 6.82. The minimum atomic E-state index is 0.0177. The van der Waals surface area contributed by atoms with Gasteiger partial charge in [-0.05, 0) is 52.9 Å². The summed E-state index contributed by atoms with van der Waals surface area (Å²) in [6, 6.07) is 6.15. The highest BCUT2D eigenvalue weighted by Gasteiger charge is 2.22. The molecule has 0 saturated heterocycles. The number of aromatic nitrogens is 4. The molecule has 1 N–H and O–H groups in total. The Hall–Kier alpha value is -2.44. The van der Waals surface area contributed by atoms with E-state index in [4.69, 9.17) is 4.74 Å². The Bertz CT molecular complexity index is 641. The van der Waals surface area contributed by atoms with Crippen LogP contribution in [0.2, 0.25) is 0 Å². The number of ether oxygens (including phenoxy) is 1. The fourth-order valence-corrected chi connectivity index (χ4v) is 2.83. The number of amides is 1. The number of rotatable bonds is 5. The summed E-state index contributed by atoms with van der Waals surface area (Å²) in [5.41, 5.74) is 2.46. The standard InChI is InChI=1S/C15H19N5O2/c1-22-12-5-6-13-11(9-12)3-2-4-14(13)17-15(21)7-8-20-10-16-18-19-20/h5-6,9-10,14H,2-4,7-8H2,1H3,(H,17,21)/t14-/m0/s1. The number of carbonyl (C=O) groups excluding carboxylic acids is 1. The number of nitrogens with one attached hydrogen (secondary N) is 1. The molecule has 3 rings (SSSR count). The minimum absolute atomic E-state index is 0.0177. The Labute approximate surface area is 128 Å². The normalized spacial score (nSPS) is 16.9. The minimum Gasteiger partial charge on any atom is -0.497 e. The Morgan fingerprint density at radius 1 is 1.50 bits per heavy atom. The van der Waals surface area contributed by atoms with Gasteiger partial charge in [0, 0.05) is 6.42 Å². The van der Waals surface area contributed by atoms with Gasteiger partial charge in [0.2, 0.25) is 5.91 Å². The molecule has 116 valence electrons. The molecule has 1 amide bonds. The lowest BCUT2D eigenvalue weighted by atomic mass is 9.87. The van der Waals surface area contributed by atoms with Crippen LogP contribution in [0, 0.1) is 0 Å². The Morgan fingerprint density at radius 2 is 2.41 bits per heavy atom. The average Bonchev–Trinajstić information content (AvgIpc) is 3.06. The van der Waals surface area contributed by atoms with E-state index >= 15 is 0 Å². The smallest absolute Gasteiger partial charge is 0.222 e. The molecule has 1 heterocycles. The van der Waals surface area contributed by atoms with Crippen molar-refractivity contribution >= 4 is 5.91 Å². The molecule has 7 nitrogen and oxygen atoms in total. The van der Waals surface area contributed by atoms with Gasteiger partial charge in [0.25, 0.3) is 0 Å². The van der Waals surface area contributed by atoms with Crippen molar-refractivity contribution in [3.05, 3.63) is 35.7 Å². The molecule has 1 aliphatic rings. The van der Waals surface area contributed by atoms with Crippen LogP contribution in [0.4, 0.5) is 0 Å². The van der Waals surface area contributed by atoms with E-state index in [2.05, 4.69) is 33.0 Å². The average molecular weight is 301 g/mol. The van der Waals surface area contributed by atoms with Crippen molar-refractivity contribution in [1.82, 2.24) is 25.5 Å². The second-order valence-corrected chi connectivity index (χ2v) is 5.40. The van der Waals surface area contributed by atoms with Crippen LogP contribution in [0.25, 0.3) is 0 Å². The van der Waals surface area contributed by atoms with Gasteiger partial charge in [-0.2, -0.15) is 0 Å². The molecule has 0 bridgehead atoms. The molecule has 1 aromatic heterocycles. The number of hydrogen-bond acceptors (Lipinski definition) is 5. The van der Waals surface area contributed by atoms with Crippen LogP contribution in [-0.2, 0) is 17.8 Å². The van der Waals surface area contributed by atoms with E-state index in [0.29, 0.717) is 13.0 Å². The van der Waals surface area contributed by atoms with Gasteiger partial charge in [-0.1, -0.05) is 6.07 Å². The lowest BCUT2D eigenvalue weighted by Gasteiger charge is -2.26. The van der Waals surface area contributed by atoms with E-state index in [-0.39, 0.29) is 11.9 Å². The predicted octanol–water partition coefficient (Wildman–Crippen LogP) is 1.27. The highest BCUT2D eigenvalue weighted by molar-refractivity contribution is 5.76. The lowest BCUT2D eigenvalue weighted by molar-refractivity contribution is -0.122. The number of aryl methyl sites for hydroxylation is 2. The number of benzene rings is 1. The molecular weight excluding hydrogens is 282 g/mol. The molecule has 0 aliphatic heterocycles. The Kier molecular flexibility index (Phi) is 4.32. The van der Waals surface area contributed by atoms with E-state index in [1.54, 1.807) is 11.8 Å². The van der Waals surface area contributed by atoms with E-state index < -0.39 is 0 Å². The lowest BCUT2D eigenvalue weighted by Crippen LogP contribution is -2.31. The SMILES string of the molecule is COc1ccc2c(c1)CCC[C@@H]2NC(=O)CCn1cnnn1. The third-order valence-corrected chi connectivity index (χ3v) is 3.96. The summed E-state index contributed by atoms with van der Waals surface area (Å²) >= 11 is 0. The van der Waals surface area contributed by atoms with Crippen molar-refractivity contribution in [2.24, 2.45) is 0 Å². The summed E-state index contributed by atoms with van der Waals surface area (Å²) in [5, 5.41) is 14.0. The van der Waals surface area contributed by atoms with Crippen molar-refractivity contribution in [3.63, 3.8) is 0 Å². The third-order valence-electron chi connectivity index (χ3n) is 3.96. The second kappa shape index (κ2) is 6.55. The maximum Gasteiger partial charge on any atom is 0.222 e. The van der Waals surface area contributed by atoms with Crippen LogP contribution in [0.1, 0.15) is 36.4 Å². The first-order chi connectivity index (χ1) is 10.8. The van der Waals surface area contributed by atoms with Crippen LogP contribution in [-0.4, -0.2) is 33.2 Å². The number of nitrogens with zero attached hydrogens (tertiary/aromatic N) is 4. The largest absolute Gasteiger partial charge is 0.497 e. The molecule has 0 spiro atoms. The van der Waals surface area contributed by atoms with E-state index in [0.717, 1.165) is 25.0 Å². The Balaban J connectivity index is 1.62. The molecule has 2 aromatic rings. The zero-order chi connectivity index (χ0) is 15.4. The molecule has 0 saturated carbocycles. The van der Waals surface area contributed by atoms with E-state index in [1.807, 2.05) is 6.07 Å². The molecule has 1 atom stereocenters. The molecule has 7 heteroatoms. The maximum atomic E-state index is 12.1. The second-order valence-electron chi connectivity index (χ2n) is 5.40. The fraction of sp³-hybridized carbons (Fsp3) is 0.467. The van der Waals surface area contributed by atoms with Gasteiger partial charge in [0.1, 0.15) is 12.1 Å². The quantitative estimate of drug-likeness (QED) is 0.899. The summed E-state index contributed by atoms with van der Waals surface area (Å²) in [4.78, 5) is 12.1. The highest BCUT2D eigenvalue weighted by atomic mass is 16.5. The van der Waals surface area contributed by atoms with E-state index in [1.165, 1.54) is 17.5 Å². The van der Waals surface area contributed by atoms with Crippen molar-refractivity contribution in [2.75, 3.05) is 7.11 Å². The summed E-state index contributed by atoms with van der Waals surface area (Å²) in [5.74, 6) is 0.883. The summed E-state index contributed by atoms with van der Waals surface area (Å²) in [6.07, 6.45) is 4.94. The maximum absolute atomic E-state index is 12.1. The zero-order valence-electron chi connectivity index (χ0n) is 12.5. The van der Waals surface area contributed by atoms with Crippen molar-refractivity contribution in [2.45, 2.75) is 38.3 Å². The first kappa shape index (κ1) is 14.5. The summed E-state index contributed by atoms with van der Waals surface area (Å²) in [6.45, 7) is 0.487. The number of methoxy groups -OCH3 is 1. The van der Waals surface area contributed by atoms with Gasteiger partial charge < -0.3 is 10.1 Å². The first-order valence-electron chi connectivity index (χ1n) is 7.43. The van der Waals surface area contributed by atoms with Crippen LogP contribution in [0.5, 0.6) is 5.75 Å². The number of tetrazole rings is 1. The summed E-state index contributed by atoms with van der Waals surface area (Å²) in [7, 11) is 1.67. The third kappa shape index (κ3) is 3.24. The number of carbonyl (C=O) groups is 1. The van der Waals surface area contributed by atoms with Gasteiger partial charge in [-0.3, -0.25) is 4.79 Å². The number of hydrogen-bond donors (Lipinski definition) is 1. The van der Waals surface area contributed by atoms with Gasteiger partial charge in [0.15, 0.2) is 0 Å². The number of fused-ring (bicyclic) bond motifs is 1. The van der Waals surface area contributed by atoms with Crippen LogP contribution < -0.4 is 10.1 Å². The van der Waals surface area contributed by atoms with Gasteiger partial charge in [-0.15, -0.1) is 5.10 Å². The molecule has 0 unspecified atom stereocenters. The van der Waals surface area contributed by atoms with Gasteiger partial charge >= 0.3 is 0 Å². The molecule has 1 aromatic carbocycles.